The largest absolute Gasteiger partial charge is 0.391 e. The molecule has 0 aromatic carbocycles. The van der Waals surface area contributed by atoms with Gasteiger partial charge in [0.15, 0.2) is 0 Å². The Hall–Kier alpha value is -1.07. The number of anilines is 1. The number of nitrogens with one attached hydrogen (secondary N) is 1. The molecule has 0 amide bonds. The molecule has 6 heteroatoms. The molecular formula is C14H24ClN3O2. The monoisotopic (exact) mass is 301 g/mol. The molecule has 0 bridgehead atoms. The van der Waals surface area contributed by atoms with Crippen molar-refractivity contribution in [3.8, 4) is 0 Å². The van der Waals surface area contributed by atoms with E-state index in [1.54, 1.807) is 6.20 Å². The fourth-order valence-electron chi connectivity index (χ4n) is 1.91. The first-order chi connectivity index (χ1) is 9.45. The zero-order valence-corrected chi connectivity index (χ0v) is 13.2. The molecule has 1 rings (SSSR count). The van der Waals surface area contributed by atoms with Gasteiger partial charge in [-0.25, -0.2) is 4.68 Å². The number of unbranched alkanes of at least 4 members (excludes halogenated alkanes) is 1. The quantitative estimate of drug-likeness (QED) is 0.774. The van der Waals surface area contributed by atoms with Crippen LogP contribution >= 0.6 is 11.6 Å². The van der Waals surface area contributed by atoms with Gasteiger partial charge in [0.2, 0.25) is 0 Å². The van der Waals surface area contributed by atoms with Gasteiger partial charge >= 0.3 is 0 Å². The maximum absolute atomic E-state index is 12.0. The van der Waals surface area contributed by atoms with Crippen molar-refractivity contribution in [1.29, 1.82) is 0 Å². The van der Waals surface area contributed by atoms with Crippen molar-refractivity contribution in [2.75, 3.05) is 11.9 Å². The Morgan fingerprint density at radius 2 is 2.20 bits per heavy atom. The van der Waals surface area contributed by atoms with Gasteiger partial charge in [0.1, 0.15) is 5.02 Å². The third kappa shape index (κ3) is 5.13. The van der Waals surface area contributed by atoms with E-state index < -0.39 is 6.10 Å². The first-order valence-electron chi connectivity index (χ1n) is 7.13. The van der Waals surface area contributed by atoms with Gasteiger partial charge in [-0.05, 0) is 18.8 Å². The number of hydrogen-bond acceptors (Lipinski definition) is 4. The summed E-state index contributed by atoms with van der Waals surface area (Å²) >= 11 is 6.05. The minimum Gasteiger partial charge on any atom is -0.391 e. The highest BCUT2D eigenvalue weighted by atomic mass is 35.5. The number of aromatic nitrogens is 2. The average molecular weight is 302 g/mol. The summed E-state index contributed by atoms with van der Waals surface area (Å²) in [7, 11) is 0. The van der Waals surface area contributed by atoms with Crippen LogP contribution in [0.3, 0.4) is 0 Å². The lowest BCUT2D eigenvalue weighted by atomic mass is 10.1. The van der Waals surface area contributed by atoms with Crippen LogP contribution < -0.4 is 10.9 Å². The number of aryl methyl sites for hydroxylation is 1. The van der Waals surface area contributed by atoms with Crippen LogP contribution in [-0.4, -0.2) is 27.5 Å². The molecule has 114 valence electrons. The van der Waals surface area contributed by atoms with E-state index in [0.717, 1.165) is 12.8 Å². The third-order valence-electron chi connectivity index (χ3n) is 2.98. The number of nitrogens with zero attached hydrogens (tertiary/aromatic N) is 2. The van der Waals surface area contributed by atoms with Crippen molar-refractivity contribution in [2.45, 2.75) is 52.7 Å². The SMILES string of the molecule is CCCCn1ncc(NCC(O)CC(C)C)c(Cl)c1=O. The van der Waals surface area contributed by atoms with E-state index >= 15 is 0 Å². The molecule has 0 saturated heterocycles. The van der Waals surface area contributed by atoms with Crippen LogP contribution in [0.2, 0.25) is 5.02 Å². The maximum Gasteiger partial charge on any atom is 0.287 e. The van der Waals surface area contributed by atoms with E-state index in [1.807, 2.05) is 13.8 Å². The highest BCUT2D eigenvalue weighted by Gasteiger charge is 2.11. The molecule has 0 fully saturated rings. The Bertz CT molecular complexity index is 474. The van der Waals surface area contributed by atoms with Crippen molar-refractivity contribution >= 4 is 17.3 Å². The van der Waals surface area contributed by atoms with E-state index in [1.165, 1.54) is 4.68 Å². The molecule has 1 aromatic heterocycles. The van der Waals surface area contributed by atoms with Gasteiger partial charge in [-0.1, -0.05) is 38.8 Å². The Morgan fingerprint density at radius 1 is 1.50 bits per heavy atom. The van der Waals surface area contributed by atoms with E-state index in [2.05, 4.69) is 17.3 Å². The molecule has 0 aliphatic rings. The molecule has 0 aliphatic carbocycles. The van der Waals surface area contributed by atoms with Crippen LogP contribution in [0.1, 0.15) is 40.0 Å². The first kappa shape index (κ1) is 17.0. The minimum absolute atomic E-state index is 0.132. The van der Waals surface area contributed by atoms with Gasteiger partial charge in [-0.2, -0.15) is 5.10 Å². The fourth-order valence-corrected chi connectivity index (χ4v) is 2.12. The highest BCUT2D eigenvalue weighted by molar-refractivity contribution is 6.32. The van der Waals surface area contributed by atoms with Crippen molar-refractivity contribution in [2.24, 2.45) is 5.92 Å². The highest BCUT2D eigenvalue weighted by Crippen LogP contribution is 2.16. The molecule has 2 N–H and O–H groups in total. The Labute approximate surface area is 125 Å². The van der Waals surface area contributed by atoms with Crippen LogP contribution in [0, 0.1) is 5.92 Å². The normalized spacial score (nSPS) is 12.7. The molecule has 0 spiro atoms. The van der Waals surface area contributed by atoms with Crippen LogP contribution in [0.4, 0.5) is 5.69 Å². The Kier molecular flexibility index (Phi) is 7.02. The van der Waals surface area contributed by atoms with E-state index in [-0.39, 0.29) is 10.6 Å². The topological polar surface area (TPSA) is 67.2 Å². The summed E-state index contributed by atoms with van der Waals surface area (Å²) in [6.07, 6.45) is 3.66. The molecule has 0 aliphatic heterocycles. The van der Waals surface area contributed by atoms with Gasteiger partial charge < -0.3 is 10.4 Å². The van der Waals surface area contributed by atoms with Gasteiger partial charge in [0.25, 0.3) is 5.56 Å². The predicted octanol–water partition coefficient (Wildman–Crippen LogP) is 2.52. The summed E-state index contributed by atoms with van der Waals surface area (Å²) in [5.41, 5.74) is 0.190. The second kappa shape index (κ2) is 8.27. The molecule has 1 unspecified atom stereocenters. The Morgan fingerprint density at radius 3 is 2.80 bits per heavy atom. The molecule has 20 heavy (non-hydrogen) atoms. The van der Waals surface area contributed by atoms with Crippen molar-refractivity contribution < 1.29 is 5.11 Å². The summed E-state index contributed by atoms with van der Waals surface area (Å²) in [5, 5.41) is 17.0. The molecule has 1 aromatic rings. The van der Waals surface area contributed by atoms with Crippen LogP contribution in [0.15, 0.2) is 11.0 Å². The van der Waals surface area contributed by atoms with E-state index in [9.17, 15) is 9.90 Å². The molecule has 0 radical (unpaired) electrons. The summed E-state index contributed by atoms with van der Waals surface area (Å²) < 4.78 is 1.38. The predicted molar refractivity (Wildman–Crippen MR) is 82.4 cm³/mol. The molecule has 1 atom stereocenters. The van der Waals surface area contributed by atoms with Crippen LogP contribution in [0.25, 0.3) is 0 Å². The second-order valence-electron chi connectivity index (χ2n) is 5.42. The third-order valence-corrected chi connectivity index (χ3v) is 3.35. The van der Waals surface area contributed by atoms with Gasteiger partial charge in [0, 0.05) is 13.1 Å². The van der Waals surface area contributed by atoms with Crippen LogP contribution in [-0.2, 0) is 6.54 Å². The van der Waals surface area contributed by atoms with Crippen molar-refractivity contribution in [3.63, 3.8) is 0 Å². The molecular weight excluding hydrogens is 278 g/mol. The zero-order chi connectivity index (χ0) is 15.1. The fraction of sp³-hybridized carbons (Fsp3) is 0.714. The molecule has 5 nitrogen and oxygen atoms in total. The van der Waals surface area contributed by atoms with Crippen molar-refractivity contribution in [1.82, 2.24) is 9.78 Å². The summed E-state index contributed by atoms with van der Waals surface area (Å²) in [5.74, 6) is 0.419. The summed E-state index contributed by atoms with van der Waals surface area (Å²) in [4.78, 5) is 12.0. The number of aliphatic hydroxyl groups is 1. The van der Waals surface area contributed by atoms with Gasteiger partial charge in [0.05, 0.1) is 18.0 Å². The Balaban J connectivity index is 2.68. The van der Waals surface area contributed by atoms with Crippen molar-refractivity contribution in [3.05, 3.63) is 21.6 Å². The van der Waals surface area contributed by atoms with Crippen LogP contribution in [0.5, 0.6) is 0 Å². The zero-order valence-electron chi connectivity index (χ0n) is 12.4. The van der Waals surface area contributed by atoms with Gasteiger partial charge in [-0.15, -0.1) is 0 Å². The molecule has 0 saturated carbocycles. The second-order valence-corrected chi connectivity index (χ2v) is 5.80. The standard InChI is InChI=1S/C14H24ClN3O2/c1-4-5-6-18-14(20)13(15)12(9-17-18)16-8-11(19)7-10(2)3/h9-11,16,19H,4-8H2,1-3H3. The maximum atomic E-state index is 12.0. The average Bonchev–Trinajstić information content (AvgIpc) is 2.38. The smallest absolute Gasteiger partial charge is 0.287 e. The van der Waals surface area contributed by atoms with Gasteiger partial charge in [-0.3, -0.25) is 4.79 Å². The number of halogens is 1. The minimum atomic E-state index is -0.464. The van der Waals surface area contributed by atoms with E-state index in [4.69, 9.17) is 11.6 Å². The lowest BCUT2D eigenvalue weighted by molar-refractivity contribution is 0.161. The lowest BCUT2D eigenvalue weighted by Gasteiger charge is -2.15. The number of aliphatic hydroxyl groups excluding tert-OH is 1. The first-order valence-corrected chi connectivity index (χ1v) is 7.51. The van der Waals surface area contributed by atoms with E-state index in [0.29, 0.717) is 31.1 Å². The number of hydrogen-bond donors (Lipinski definition) is 2. The molecule has 1 heterocycles. The lowest BCUT2D eigenvalue weighted by Crippen LogP contribution is -2.26. The summed E-state index contributed by atoms with van der Waals surface area (Å²) in [6, 6.07) is 0. The number of rotatable bonds is 8. The summed E-state index contributed by atoms with van der Waals surface area (Å²) in [6.45, 7) is 7.08.